The van der Waals surface area contributed by atoms with Gasteiger partial charge in [-0.1, -0.05) is 62.4 Å². The van der Waals surface area contributed by atoms with E-state index in [9.17, 15) is 9.36 Å². The first-order valence-electron chi connectivity index (χ1n) is 8.69. The Kier molecular flexibility index (Phi) is 6.00. The van der Waals surface area contributed by atoms with Gasteiger partial charge in [0.15, 0.2) is 6.61 Å². The molecule has 7 heteroatoms. The highest BCUT2D eigenvalue weighted by molar-refractivity contribution is 7.54. The molecule has 0 spiro atoms. The van der Waals surface area contributed by atoms with E-state index in [-0.39, 0.29) is 25.2 Å². The van der Waals surface area contributed by atoms with Crippen molar-refractivity contribution in [2.24, 2.45) is 5.41 Å². The van der Waals surface area contributed by atoms with Gasteiger partial charge in [0.1, 0.15) is 5.75 Å². The van der Waals surface area contributed by atoms with Crippen LogP contribution in [0.25, 0.3) is 0 Å². The molecule has 0 bridgehead atoms. The van der Waals surface area contributed by atoms with E-state index in [1.54, 1.807) is 48.5 Å². The number of hydrogen-bond donors (Lipinski definition) is 0. The molecule has 1 saturated heterocycles. The number of para-hydroxylation sites is 1. The van der Waals surface area contributed by atoms with E-state index in [0.717, 1.165) is 0 Å². The quantitative estimate of drug-likeness (QED) is 0.531. The summed E-state index contributed by atoms with van der Waals surface area (Å²) in [5, 5.41) is 0. The molecule has 1 heterocycles. The Morgan fingerprint density at radius 1 is 1.04 bits per heavy atom. The van der Waals surface area contributed by atoms with Gasteiger partial charge in [-0.2, -0.15) is 0 Å². The molecule has 2 aromatic rings. The highest BCUT2D eigenvalue weighted by Gasteiger charge is 2.46. The van der Waals surface area contributed by atoms with Gasteiger partial charge in [-0.25, -0.2) is 4.79 Å². The van der Waals surface area contributed by atoms with Crippen LogP contribution in [0, 0.1) is 5.41 Å². The highest BCUT2D eigenvalue weighted by atomic mass is 31.2. The van der Waals surface area contributed by atoms with Crippen LogP contribution >= 0.6 is 7.60 Å². The van der Waals surface area contributed by atoms with Gasteiger partial charge >= 0.3 is 13.6 Å². The van der Waals surface area contributed by atoms with E-state index < -0.39 is 19.4 Å². The molecule has 0 N–H and O–H groups in total. The Labute approximate surface area is 158 Å². The minimum absolute atomic E-state index is 0.254. The molecule has 1 aliphatic heterocycles. The number of carbonyl (C=O) groups is 1. The zero-order chi connectivity index (χ0) is 19.3. The summed E-state index contributed by atoms with van der Waals surface area (Å²) in [5.74, 6) is -1.24. The van der Waals surface area contributed by atoms with Crippen LogP contribution in [0.15, 0.2) is 60.7 Å². The van der Waals surface area contributed by atoms with E-state index in [0.29, 0.717) is 11.3 Å². The molecule has 1 fully saturated rings. The van der Waals surface area contributed by atoms with Crippen molar-refractivity contribution in [3.05, 3.63) is 66.2 Å². The minimum atomic E-state index is -3.67. The Hall–Kier alpha value is -2.14. The van der Waals surface area contributed by atoms with Gasteiger partial charge in [-0.15, -0.1) is 0 Å². The summed E-state index contributed by atoms with van der Waals surface area (Å²) in [4.78, 5) is 12.3. The van der Waals surface area contributed by atoms with Crippen molar-refractivity contribution < 1.29 is 27.9 Å². The number of hydrogen-bond acceptors (Lipinski definition) is 6. The third-order valence-electron chi connectivity index (χ3n) is 3.99. The summed E-state index contributed by atoms with van der Waals surface area (Å²) in [6, 6.07) is 17.7. The van der Waals surface area contributed by atoms with Crippen LogP contribution in [0.1, 0.15) is 25.3 Å². The lowest BCUT2D eigenvalue weighted by atomic mass is 9.97. The molecule has 1 aliphatic rings. The van der Waals surface area contributed by atoms with Gasteiger partial charge in [-0.05, 0) is 12.1 Å². The largest absolute Gasteiger partial charge is 0.482 e. The number of ether oxygens (including phenoxy) is 2. The van der Waals surface area contributed by atoms with Crippen LogP contribution in [-0.4, -0.2) is 25.8 Å². The summed E-state index contributed by atoms with van der Waals surface area (Å²) in [6.45, 7) is 4.11. The number of carbonyl (C=O) groups excluding carboxylic acids is 1. The van der Waals surface area contributed by atoms with Crippen LogP contribution in [0.5, 0.6) is 5.75 Å². The standard InChI is InChI=1S/C20H23O6P/c1-20(2)14-24-27(22,25-15-20)19(16-9-5-3-6-10-16)26-18(21)13-23-17-11-7-4-8-12-17/h3-12,19H,13-15H2,1-2H3. The molecule has 27 heavy (non-hydrogen) atoms. The molecule has 0 aliphatic carbocycles. The fourth-order valence-electron chi connectivity index (χ4n) is 2.49. The summed E-state index contributed by atoms with van der Waals surface area (Å²) < 4.78 is 35.3. The molecular formula is C20H23O6P. The maximum atomic E-state index is 13.3. The Balaban J connectivity index is 1.73. The second kappa shape index (κ2) is 8.26. The van der Waals surface area contributed by atoms with Crippen LogP contribution in [-0.2, 0) is 23.1 Å². The molecule has 0 radical (unpaired) electrons. The molecule has 1 unspecified atom stereocenters. The van der Waals surface area contributed by atoms with E-state index in [1.807, 2.05) is 26.0 Å². The van der Waals surface area contributed by atoms with Crippen molar-refractivity contribution in [2.75, 3.05) is 19.8 Å². The first-order valence-corrected chi connectivity index (χ1v) is 10.3. The van der Waals surface area contributed by atoms with Crippen LogP contribution in [0.2, 0.25) is 0 Å². The molecule has 2 aromatic carbocycles. The molecule has 1 atom stereocenters. The number of esters is 1. The topological polar surface area (TPSA) is 71.1 Å². The molecule has 0 aromatic heterocycles. The fourth-order valence-corrected chi connectivity index (χ4v) is 4.68. The van der Waals surface area contributed by atoms with Crippen molar-refractivity contribution in [1.82, 2.24) is 0 Å². The molecule has 3 rings (SSSR count). The van der Waals surface area contributed by atoms with E-state index in [4.69, 9.17) is 18.5 Å². The van der Waals surface area contributed by atoms with Crippen LogP contribution in [0.4, 0.5) is 0 Å². The van der Waals surface area contributed by atoms with E-state index in [1.165, 1.54) is 0 Å². The number of benzene rings is 2. The lowest BCUT2D eigenvalue weighted by molar-refractivity contribution is -0.149. The normalized spacial score (nSPS) is 19.0. The first-order chi connectivity index (χ1) is 12.9. The molecule has 0 amide bonds. The maximum Gasteiger partial charge on any atom is 0.375 e. The van der Waals surface area contributed by atoms with E-state index in [2.05, 4.69) is 0 Å². The third-order valence-corrected chi connectivity index (χ3v) is 5.94. The van der Waals surface area contributed by atoms with Crippen molar-refractivity contribution in [1.29, 1.82) is 0 Å². The zero-order valence-corrected chi connectivity index (χ0v) is 16.3. The molecule has 144 valence electrons. The average Bonchev–Trinajstić information content (AvgIpc) is 2.68. The van der Waals surface area contributed by atoms with E-state index >= 15 is 0 Å². The summed E-state index contributed by atoms with van der Waals surface area (Å²) in [6.07, 6.45) is 0. The maximum absolute atomic E-state index is 13.3. The monoisotopic (exact) mass is 390 g/mol. The Morgan fingerprint density at radius 2 is 1.59 bits per heavy atom. The van der Waals surface area contributed by atoms with Gasteiger partial charge in [0, 0.05) is 11.0 Å². The van der Waals surface area contributed by atoms with Gasteiger partial charge in [0.2, 0.25) is 5.85 Å². The fraction of sp³-hybridized carbons (Fsp3) is 0.350. The van der Waals surface area contributed by atoms with Crippen LogP contribution < -0.4 is 4.74 Å². The van der Waals surface area contributed by atoms with Crippen molar-refractivity contribution in [3.63, 3.8) is 0 Å². The smallest absolute Gasteiger partial charge is 0.375 e. The Morgan fingerprint density at radius 3 is 2.19 bits per heavy atom. The number of rotatable bonds is 6. The zero-order valence-electron chi connectivity index (χ0n) is 15.4. The van der Waals surface area contributed by atoms with Crippen molar-refractivity contribution in [2.45, 2.75) is 19.7 Å². The lowest BCUT2D eigenvalue weighted by Gasteiger charge is -2.36. The Bertz CT molecular complexity index is 792. The third kappa shape index (κ3) is 5.19. The minimum Gasteiger partial charge on any atom is -0.482 e. The van der Waals surface area contributed by atoms with Gasteiger partial charge in [-0.3, -0.25) is 4.57 Å². The van der Waals surface area contributed by atoms with Crippen LogP contribution in [0.3, 0.4) is 0 Å². The second-order valence-corrected chi connectivity index (χ2v) is 9.17. The molecule has 0 saturated carbocycles. The average molecular weight is 390 g/mol. The lowest BCUT2D eigenvalue weighted by Crippen LogP contribution is -2.31. The van der Waals surface area contributed by atoms with Gasteiger partial charge in [0.25, 0.3) is 0 Å². The highest BCUT2D eigenvalue weighted by Crippen LogP contribution is 2.64. The predicted molar refractivity (Wildman–Crippen MR) is 101 cm³/mol. The summed E-state index contributed by atoms with van der Waals surface area (Å²) >= 11 is 0. The predicted octanol–water partition coefficient (Wildman–Crippen LogP) is 4.57. The first kappa shape index (κ1) is 19.6. The summed E-state index contributed by atoms with van der Waals surface area (Å²) in [7, 11) is -3.67. The SMILES string of the molecule is CC1(C)COP(=O)(C(OC(=O)COc2ccccc2)c2ccccc2)OC1. The van der Waals surface area contributed by atoms with Gasteiger partial charge < -0.3 is 18.5 Å². The van der Waals surface area contributed by atoms with Crippen molar-refractivity contribution in [3.8, 4) is 5.75 Å². The van der Waals surface area contributed by atoms with Crippen molar-refractivity contribution >= 4 is 13.6 Å². The molecule has 6 nitrogen and oxygen atoms in total. The molecular weight excluding hydrogens is 367 g/mol. The summed E-state index contributed by atoms with van der Waals surface area (Å²) in [5.41, 5.74) is 0.295. The second-order valence-electron chi connectivity index (χ2n) is 7.11. The van der Waals surface area contributed by atoms with Gasteiger partial charge in [0.05, 0.1) is 13.2 Å².